The Morgan fingerprint density at radius 3 is 2.53 bits per heavy atom. The molecule has 2 aromatic rings. The van der Waals surface area contributed by atoms with E-state index in [0.717, 1.165) is 6.20 Å². The normalized spacial score (nSPS) is 10.5. The van der Waals surface area contributed by atoms with Crippen LogP contribution in [0.5, 0.6) is 11.6 Å². The Labute approximate surface area is 107 Å². The number of hydrogen-bond donors (Lipinski definition) is 1. The number of carboxylic acid groups (broad SMARTS) is 1. The van der Waals surface area contributed by atoms with Gasteiger partial charge in [-0.3, -0.25) is 0 Å². The molecule has 0 aliphatic heterocycles. The van der Waals surface area contributed by atoms with Gasteiger partial charge in [0.2, 0.25) is 5.88 Å². The van der Waals surface area contributed by atoms with E-state index in [2.05, 4.69) is 4.98 Å². The largest absolute Gasteiger partial charge is 0.478 e. The molecule has 1 aromatic carbocycles. The summed E-state index contributed by atoms with van der Waals surface area (Å²) in [5, 5.41) is 8.96. The molecule has 19 heavy (non-hydrogen) atoms. The molecule has 6 heteroatoms. The van der Waals surface area contributed by atoms with Crippen molar-refractivity contribution in [3.8, 4) is 11.6 Å². The van der Waals surface area contributed by atoms with Crippen LogP contribution in [-0.2, 0) is 0 Å². The lowest BCUT2D eigenvalue weighted by Crippen LogP contribution is -2.00. The summed E-state index contributed by atoms with van der Waals surface area (Å²) in [6, 6.07) is 8.45. The van der Waals surface area contributed by atoms with Crippen LogP contribution in [0.1, 0.15) is 22.3 Å². The van der Waals surface area contributed by atoms with Crippen molar-refractivity contribution in [2.75, 3.05) is 0 Å². The molecule has 0 atom stereocenters. The molecule has 4 nitrogen and oxygen atoms in total. The van der Waals surface area contributed by atoms with Crippen molar-refractivity contribution in [3.63, 3.8) is 0 Å². The van der Waals surface area contributed by atoms with E-state index in [4.69, 9.17) is 9.84 Å². The first-order valence-corrected chi connectivity index (χ1v) is 5.32. The van der Waals surface area contributed by atoms with Crippen LogP contribution in [0.25, 0.3) is 0 Å². The summed E-state index contributed by atoms with van der Waals surface area (Å²) in [6.07, 6.45) is -1.61. The zero-order chi connectivity index (χ0) is 13.8. The number of para-hydroxylation sites is 1. The fraction of sp³-hybridized carbons (Fsp3) is 0.0769. The topological polar surface area (TPSA) is 59.4 Å². The number of nitrogens with zero attached hydrogens (tertiary/aromatic N) is 1. The van der Waals surface area contributed by atoms with Gasteiger partial charge >= 0.3 is 5.97 Å². The van der Waals surface area contributed by atoms with Crippen LogP contribution in [-0.4, -0.2) is 16.1 Å². The minimum Gasteiger partial charge on any atom is -0.478 e. The Kier molecular flexibility index (Phi) is 3.70. The van der Waals surface area contributed by atoms with Gasteiger partial charge in [-0.05, 0) is 18.2 Å². The summed E-state index contributed by atoms with van der Waals surface area (Å²) in [6.45, 7) is 0. The van der Waals surface area contributed by atoms with Crippen LogP contribution in [0.4, 0.5) is 8.78 Å². The minimum atomic E-state index is -2.60. The highest BCUT2D eigenvalue weighted by Crippen LogP contribution is 2.25. The van der Waals surface area contributed by atoms with Crippen molar-refractivity contribution >= 4 is 5.97 Å². The summed E-state index contributed by atoms with van der Waals surface area (Å²) >= 11 is 0. The van der Waals surface area contributed by atoms with Gasteiger partial charge in [0, 0.05) is 17.8 Å². The number of carboxylic acids is 1. The van der Waals surface area contributed by atoms with Crippen molar-refractivity contribution in [1.29, 1.82) is 0 Å². The number of ether oxygens (including phenoxy) is 1. The molecule has 0 bridgehead atoms. The maximum absolute atomic E-state index is 12.3. The smallest absolute Gasteiger partial charge is 0.339 e. The molecule has 0 fully saturated rings. The van der Waals surface area contributed by atoms with Crippen LogP contribution in [0.15, 0.2) is 42.6 Å². The Morgan fingerprint density at radius 1 is 1.21 bits per heavy atom. The third kappa shape index (κ3) is 3.04. The standard InChI is InChI=1S/C13H9F2NO3/c14-12(15)8-5-6-11(16-7-8)19-10-4-2-1-3-9(10)13(17)18/h1-7,12H,(H,17,18). The molecule has 0 saturated heterocycles. The average Bonchev–Trinajstić information content (AvgIpc) is 2.39. The SMILES string of the molecule is O=C(O)c1ccccc1Oc1ccc(C(F)F)cn1. The number of aromatic carboxylic acids is 1. The molecule has 98 valence electrons. The molecule has 0 amide bonds. The fourth-order valence-electron chi connectivity index (χ4n) is 1.43. The number of pyridine rings is 1. The van der Waals surface area contributed by atoms with Crippen molar-refractivity contribution in [1.82, 2.24) is 4.98 Å². The average molecular weight is 265 g/mol. The van der Waals surface area contributed by atoms with Gasteiger partial charge in [0.05, 0.1) is 0 Å². The van der Waals surface area contributed by atoms with Crippen molar-refractivity contribution in [2.45, 2.75) is 6.43 Å². The van der Waals surface area contributed by atoms with Gasteiger partial charge in [-0.15, -0.1) is 0 Å². The molecule has 0 spiro atoms. The molecule has 0 saturated carbocycles. The summed E-state index contributed by atoms with van der Waals surface area (Å²) in [7, 11) is 0. The number of aromatic nitrogens is 1. The Bertz CT molecular complexity index is 585. The third-order valence-corrected chi connectivity index (χ3v) is 2.34. The first-order chi connectivity index (χ1) is 9.08. The van der Waals surface area contributed by atoms with E-state index in [1.54, 1.807) is 12.1 Å². The van der Waals surface area contributed by atoms with Crippen molar-refractivity contribution in [3.05, 3.63) is 53.7 Å². The van der Waals surface area contributed by atoms with Crippen LogP contribution in [0.3, 0.4) is 0 Å². The fourth-order valence-corrected chi connectivity index (χ4v) is 1.43. The number of alkyl halides is 2. The second kappa shape index (κ2) is 5.43. The van der Waals surface area contributed by atoms with Gasteiger partial charge in [-0.2, -0.15) is 0 Å². The molecule has 0 radical (unpaired) electrons. The lowest BCUT2D eigenvalue weighted by Gasteiger charge is -2.07. The number of hydrogen-bond acceptors (Lipinski definition) is 3. The van der Waals surface area contributed by atoms with E-state index < -0.39 is 12.4 Å². The summed E-state index contributed by atoms with van der Waals surface area (Å²) in [5.41, 5.74) is -0.249. The van der Waals surface area contributed by atoms with Gasteiger partial charge in [0.1, 0.15) is 11.3 Å². The Balaban J connectivity index is 2.24. The molecule has 1 N–H and O–H groups in total. The molecule has 2 rings (SSSR count). The zero-order valence-corrected chi connectivity index (χ0v) is 9.59. The second-order valence-electron chi connectivity index (χ2n) is 3.63. The molecule has 1 aromatic heterocycles. The number of halogens is 2. The highest BCUT2D eigenvalue weighted by atomic mass is 19.3. The number of carbonyl (C=O) groups is 1. The Morgan fingerprint density at radius 2 is 1.95 bits per heavy atom. The minimum absolute atomic E-state index is 0.0257. The predicted octanol–water partition coefficient (Wildman–Crippen LogP) is 3.51. The molecule has 0 aliphatic carbocycles. The summed E-state index contributed by atoms with van der Waals surface area (Å²) in [4.78, 5) is 14.7. The maximum atomic E-state index is 12.3. The van der Waals surface area contributed by atoms with Crippen LogP contribution >= 0.6 is 0 Å². The van der Waals surface area contributed by atoms with Gasteiger partial charge in [0.25, 0.3) is 6.43 Å². The van der Waals surface area contributed by atoms with Crippen LogP contribution in [0.2, 0.25) is 0 Å². The monoisotopic (exact) mass is 265 g/mol. The van der Waals surface area contributed by atoms with E-state index in [0.29, 0.717) is 0 Å². The third-order valence-electron chi connectivity index (χ3n) is 2.34. The van der Waals surface area contributed by atoms with Gasteiger partial charge in [0.15, 0.2) is 0 Å². The quantitative estimate of drug-likeness (QED) is 0.918. The van der Waals surface area contributed by atoms with E-state index in [1.165, 1.54) is 24.3 Å². The predicted molar refractivity (Wildman–Crippen MR) is 62.7 cm³/mol. The van der Waals surface area contributed by atoms with E-state index in [9.17, 15) is 13.6 Å². The first-order valence-electron chi connectivity index (χ1n) is 5.32. The molecular formula is C13H9F2NO3. The molecular weight excluding hydrogens is 256 g/mol. The summed E-state index contributed by atoms with van der Waals surface area (Å²) < 4.78 is 29.9. The van der Waals surface area contributed by atoms with Gasteiger partial charge in [-0.1, -0.05) is 12.1 Å². The lowest BCUT2D eigenvalue weighted by molar-refractivity contribution is 0.0694. The maximum Gasteiger partial charge on any atom is 0.339 e. The second-order valence-corrected chi connectivity index (χ2v) is 3.63. The van der Waals surface area contributed by atoms with E-state index >= 15 is 0 Å². The molecule has 0 aliphatic rings. The lowest BCUT2D eigenvalue weighted by atomic mass is 10.2. The van der Waals surface area contributed by atoms with Crippen molar-refractivity contribution < 1.29 is 23.4 Å². The summed E-state index contributed by atoms with van der Waals surface area (Å²) in [5.74, 6) is -0.981. The zero-order valence-electron chi connectivity index (χ0n) is 9.59. The molecule has 0 unspecified atom stereocenters. The van der Waals surface area contributed by atoms with E-state index in [1.807, 2.05) is 0 Å². The highest BCUT2D eigenvalue weighted by molar-refractivity contribution is 5.90. The number of rotatable bonds is 4. The van der Waals surface area contributed by atoms with Crippen molar-refractivity contribution in [2.24, 2.45) is 0 Å². The first kappa shape index (κ1) is 12.9. The highest BCUT2D eigenvalue weighted by Gasteiger charge is 2.12. The van der Waals surface area contributed by atoms with Crippen LogP contribution < -0.4 is 4.74 Å². The van der Waals surface area contributed by atoms with Gasteiger partial charge < -0.3 is 9.84 Å². The van der Waals surface area contributed by atoms with Crippen LogP contribution in [0, 0.1) is 0 Å². The molecule has 1 heterocycles. The van der Waals surface area contributed by atoms with E-state index in [-0.39, 0.29) is 22.8 Å². The van der Waals surface area contributed by atoms with Gasteiger partial charge in [-0.25, -0.2) is 18.6 Å². The Hall–Kier alpha value is -2.50. The number of benzene rings is 1.